The van der Waals surface area contributed by atoms with E-state index in [0.29, 0.717) is 5.92 Å². The molecule has 1 fully saturated rings. The normalized spacial score (nSPS) is 14.8. The van der Waals surface area contributed by atoms with Crippen molar-refractivity contribution >= 4 is 0 Å². The second-order valence-electron chi connectivity index (χ2n) is 6.21. The molecule has 0 unspecified atom stereocenters. The topological polar surface area (TPSA) is 21.3 Å². The van der Waals surface area contributed by atoms with Crippen molar-refractivity contribution in [2.24, 2.45) is 5.92 Å². The highest BCUT2D eigenvalue weighted by Gasteiger charge is 2.20. The molecule has 1 aliphatic carbocycles. The Morgan fingerprint density at radius 1 is 1.15 bits per heavy atom. The van der Waals surface area contributed by atoms with Gasteiger partial charge in [0.2, 0.25) is 0 Å². The van der Waals surface area contributed by atoms with Crippen LogP contribution in [0.4, 0.5) is 0 Å². The first-order valence-corrected chi connectivity index (χ1v) is 8.10. The lowest BCUT2D eigenvalue weighted by molar-refractivity contribution is 0.238. The van der Waals surface area contributed by atoms with Crippen LogP contribution in [-0.4, -0.2) is 12.6 Å². The van der Waals surface area contributed by atoms with Crippen LogP contribution in [0.2, 0.25) is 0 Å². The third-order valence-corrected chi connectivity index (χ3v) is 4.31. The molecular formula is C18H29NO. The van der Waals surface area contributed by atoms with Crippen LogP contribution in [0.25, 0.3) is 0 Å². The summed E-state index contributed by atoms with van der Waals surface area (Å²) in [6.07, 6.45) is 5.07. The van der Waals surface area contributed by atoms with Gasteiger partial charge in [-0.25, -0.2) is 0 Å². The summed E-state index contributed by atoms with van der Waals surface area (Å²) >= 11 is 0. The summed E-state index contributed by atoms with van der Waals surface area (Å²) in [6.45, 7) is 10.6. The van der Waals surface area contributed by atoms with Crippen molar-refractivity contribution in [2.75, 3.05) is 6.61 Å². The van der Waals surface area contributed by atoms with E-state index in [4.69, 9.17) is 4.74 Å². The molecule has 0 spiro atoms. The molecule has 2 nitrogen and oxygen atoms in total. The van der Waals surface area contributed by atoms with Crippen LogP contribution in [0.3, 0.4) is 0 Å². The van der Waals surface area contributed by atoms with E-state index in [9.17, 15) is 0 Å². The van der Waals surface area contributed by atoms with Crippen LogP contribution in [-0.2, 0) is 6.54 Å². The highest BCUT2D eigenvalue weighted by molar-refractivity contribution is 5.43. The van der Waals surface area contributed by atoms with Gasteiger partial charge in [0.1, 0.15) is 5.75 Å². The maximum atomic E-state index is 6.08. The van der Waals surface area contributed by atoms with Crippen LogP contribution >= 0.6 is 0 Å². The van der Waals surface area contributed by atoms with Crippen molar-refractivity contribution in [3.63, 3.8) is 0 Å². The molecule has 0 amide bonds. The van der Waals surface area contributed by atoms with E-state index in [0.717, 1.165) is 24.9 Å². The van der Waals surface area contributed by atoms with Gasteiger partial charge in [-0.2, -0.15) is 0 Å². The van der Waals surface area contributed by atoms with Crippen molar-refractivity contribution in [2.45, 2.75) is 66.0 Å². The van der Waals surface area contributed by atoms with Crippen molar-refractivity contribution in [1.29, 1.82) is 0 Å². The number of hydrogen-bond acceptors (Lipinski definition) is 2. The van der Waals surface area contributed by atoms with E-state index < -0.39 is 0 Å². The lowest BCUT2D eigenvalue weighted by atomic mass is 10.0. The lowest BCUT2D eigenvalue weighted by Gasteiger charge is -2.18. The average molecular weight is 275 g/mol. The molecule has 0 bridgehead atoms. The van der Waals surface area contributed by atoms with Crippen molar-refractivity contribution in [3.05, 3.63) is 28.8 Å². The van der Waals surface area contributed by atoms with Crippen molar-refractivity contribution < 1.29 is 4.74 Å². The molecule has 20 heavy (non-hydrogen) atoms. The molecule has 1 saturated carbocycles. The van der Waals surface area contributed by atoms with Crippen molar-refractivity contribution in [3.8, 4) is 5.75 Å². The van der Waals surface area contributed by atoms with Gasteiger partial charge in [-0.1, -0.05) is 38.8 Å². The molecule has 1 aliphatic rings. The summed E-state index contributed by atoms with van der Waals surface area (Å²) in [5, 5.41) is 3.57. The Balaban J connectivity index is 1.97. The third kappa shape index (κ3) is 4.24. The van der Waals surface area contributed by atoms with Gasteiger partial charge in [-0.3, -0.25) is 0 Å². The van der Waals surface area contributed by atoms with Crippen LogP contribution in [0.15, 0.2) is 12.1 Å². The van der Waals surface area contributed by atoms with Crippen LogP contribution < -0.4 is 10.1 Å². The van der Waals surface area contributed by atoms with E-state index in [1.165, 1.54) is 42.4 Å². The second kappa shape index (κ2) is 7.12. The maximum Gasteiger partial charge on any atom is 0.125 e. The SMILES string of the molecule is CCC(CC)COc1c(C)cc(CNC2CC2)cc1C. The van der Waals surface area contributed by atoms with Crippen LogP contribution in [0.5, 0.6) is 5.75 Å². The van der Waals surface area contributed by atoms with Gasteiger partial charge in [0.15, 0.2) is 0 Å². The highest BCUT2D eigenvalue weighted by Crippen LogP contribution is 2.27. The Bertz CT molecular complexity index is 410. The maximum absolute atomic E-state index is 6.08. The lowest BCUT2D eigenvalue weighted by Crippen LogP contribution is -2.16. The standard InChI is InChI=1S/C18H29NO/c1-5-15(6-2)12-20-18-13(3)9-16(10-14(18)4)11-19-17-7-8-17/h9-10,15,17,19H,5-8,11-12H2,1-4H3. The van der Waals surface area contributed by atoms with E-state index in [1.807, 2.05) is 0 Å². The molecule has 1 N–H and O–H groups in total. The first-order chi connectivity index (χ1) is 9.63. The molecular weight excluding hydrogens is 246 g/mol. The molecule has 1 aromatic carbocycles. The largest absolute Gasteiger partial charge is 0.493 e. The molecule has 0 saturated heterocycles. The molecule has 0 heterocycles. The summed E-state index contributed by atoms with van der Waals surface area (Å²) in [7, 11) is 0. The Kier molecular flexibility index (Phi) is 5.47. The molecule has 0 aliphatic heterocycles. The third-order valence-electron chi connectivity index (χ3n) is 4.31. The van der Waals surface area contributed by atoms with Gasteiger partial charge < -0.3 is 10.1 Å². The van der Waals surface area contributed by atoms with Gasteiger partial charge >= 0.3 is 0 Å². The van der Waals surface area contributed by atoms with E-state index in [1.54, 1.807) is 0 Å². The monoisotopic (exact) mass is 275 g/mol. The quantitative estimate of drug-likeness (QED) is 0.760. The summed E-state index contributed by atoms with van der Waals surface area (Å²) in [6, 6.07) is 5.30. The van der Waals surface area contributed by atoms with Crippen LogP contribution in [0, 0.1) is 19.8 Å². The predicted octanol–water partition coefficient (Wildman–Crippen LogP) is 4.37. The minimum Gasteiger partial charge on any atom is -0.493 e. The van der Waals surface area contributed by atoms with Gasteiger partial charge in [0.25, 0.3) is 0 Å². The molecule has 1 aromatic rings. The summed E-state index contributed by atoms with van der Waals surface area (Å²) in [4.78, 5) is 0. The average Bonchev–Trinajstić information content (AvgIpc) is 3.24. The summed E-state index contributed by atoms with van der Waals surface area (Å²) in [5.74, 6) is 1.76. The molecule has 2 rings (SSSR count). The van der Waals surface area contributed by atoms with Crippen molar-refractivity contribution in [1.82, 2.24) is 5.32 Å². The van der Waals surface area contributed by atoms with E-state index in [-0.39, 0.29) is 0 Å². The van der Waals surface area contributed by atoms with Gasteiger partial charge in [0, 0.05) is 12.6 Å². The number of aryl methyl sites for hydroxylation is 2. The highest BCUT2D eigenvalue weighted by atomic mass is 16.5. The predicted molar refractivity (Wildman–Crippen MR) is 85.3 cm³/mol. The fourth-order valence-corrected chi connectivity index (χ4v) is 2.64. The Hall–Kier alpha value is -1.02. The fraction of sp³-hybridized carbons (Fsp3) is 0.667. The summed E-state index contributed by atoms with van der Waals surface area (Å²) in [5.41, 5.74) is 3.91. The number of benzene rings is 1. The number of hydrogen-bond donors (Lipinski definition) is 1. The van der Waals surface area contributed by atoms with Gasteiger partial charge in [0.05, 0.1) is 6.61 Å². The minimum atomic E-state index is 0.671. The second-order valence-corrected chi connectivity index (χ2v) is 6.21. The van der Waals surface area contributed by atoms with E-state index in [2.05, 4.69) is 45.1 Å². The number of nitrogens with one attached hydrogen (secondary N) is 1. The smallest absolute Gasteiger partial charge is 0.125 e. The molecule has 0 aromatic heterocycles. The van der Waals surface area contributed by atoms with Crippen LogP contribution in [0.1, 0.15) is 56.2 Å². The number of rotatable bonds is 8. The fourth-order valence-electron chi connectivity index (χ4n) is 2.64. The first kappa shape index (κ1) is 15.4. The molecule has 2 heteroatoms. The summed E-state index contributed by atoms with van der Waals surface area (Å²) < 4.78 is 6.08. The molecule has 0 radical (unpaired) electrons. The molecule has 112 valence electrons. The van der Waals surface area contributed by atoms with E-state index >= 15 is 0 Å². The Morgan fingerprint density at radius 3 is 2.25 bits per heavy atom. The zero-order valence-electron chi connectivity index (χ0n) is 13.5. The Labute approximate surface area is 123 Å². The van der Waals surface area contributed by atoms with Gasteiger partial charge in [-0.15, -0.1) is 0 Å². The zero-order valence-corrected chi connectivity index (χ0v) is 13.5. The molecule has 0 atom stereocenters. The Morgan fingerprint density at radius 2 is 1.75 bits per heavy atom. The van der Waals surface area contributed by atoms with Gasteiger partial charge in [-0.05, 0) is 49.3 Å². The number of ether oxygens (including phenoxy) is 1. The zero-order chi connectivity index (χ0) is 14.5. The minimum absolute atomic E-state index is 0.671. The first-order valence-electron chi connectivity index (χ1n) is 8.10.